The molecular weight excluding hydrogens is 266 g/mol. The van der Waals surface area contributed by atoms with Gasteiger partial charge < -0.3 is 15.4 Å². The minimum Gasteiger partial charge on any atom is -0.444 e. The number of nitrogens with two attached hydrogens (primary N) is 1. The molecule has 2 heterocycles. The highest BCUT2D eigenvalue weighted by atomic mass is 16.6. The number of amides is 1. The summed E-state index contributed by atoms with van der Waals surface area (Å²) in [4.78, 5) is 18.5. The van der Waals surface area contributed by atoms with Gasteiger partial charge in [-0.3, -0.25) is 4.98 Å². The first-order valence-electron chi connectivity index (χ1n) is 7.54. The number of hydrogen-bond donors (Lipinski definition) is 1. The molecule has 116 valence electrons. The van der Waals surface area contributed by atoms with Crippen molar-refractivity contribution in [2.75, 3.05) is 6.54 Å². The lowest BCUT2D eigenvalue weighted by Gasteiger charge is -2.39. The molecular formula is C16H25N3O2. The molecule has 2 N–H and O–H groups in total. The molecule has 1 amide bonds. The van der Waals surface area contributed by atoms with Crippen LogP contribution >= 0.6 is 0 Å². The fraction of sp³-hybridized carbons (Fsp3) is 0.625. The normalized spacial score (nSPS) is 21.0. The van der Waals surface area contributed by atoms with Crippen LogP contribution < -0.4 is 5.73 Å². The molecule has 5 nitrogen and oxygen atoms in total. The van der Waals surface area contributed by atoms with Crippen molar-refractivity contribution < 1.29 is 9.53 Å². The summed E-state index contributed by atoms with van der Waals surface area (Å²) in [7, 11) is 0. The Labute approximate surface area is 126 Å². The van der Waals surface area contributed by atoms with Gasteiger partial charge in [0.25, 0.3) is 0 Å². The largest absolute Gasteiger partial charge is 0.444 e. The Morgan fingerprint density at radius 1 is 1.43 bits per heavy atom. The van der Waals surface area contributed by atoms with Crippen LogP contribution in [0.5, 0.6) is 0 Å². The summed E-state index contributed by atoms with van der Waals surface area (Å²) < 4.78 is 5.50. The molecule has 1 saturated heterocycles. The van der Waals surface area contributed by atoms with E-state index in [1.54, 1.807) is 11.1 Å². The predicted molar refractivity (Wildman–Crippen MR) is 81.7 cm³/mol. The van der Waals surface area contributed by atoms with Gasteiger partial charge in [0.05, 0.1) is 17.8 Å². The molecule has 0 bridgehead atoms. The van der Waals surface area contributed by atoms with Gasteiger partial charge in [0.2, 0.25) is 0 Å². The maximum atomic E-state index is 12.4. The number of hydrogen-bond acceptors (Lipinski definition) is 4. The molecule has 21 heavy (non-hydrogen) atoms. The summed E-state index contributed by atoms with van der Waals surface area (Å²) in [6.45, 7) is 6.33. The number of carbonyl (C=O) groups is 1. The summed E-state index contributed by atoms with van der Waals surface area (Å²) in [5.41, 5.74) is 6.68. The Morgan fingerprint density at radius 3 is 2.81 bits per heavy atom. The second-order valence-corrected chi connectivity index (χ2v) is 6.52. The van der Waals surface area contributed by atoms with E-state index in [2.05, 4.69) is 4.98 Å². The minimum absolute atomic E-state index is 0.0523. The van der Waals surface area contributed by atoms with E-state index in [-0.39, 0.29) is 18.2 Å². The molecule has 1 aliphatic rings. The molecule has 1 fully saturated rings. The van der Waals surface area contributed by atoms with Crippen molar-refractivity contribution in [1.29, 1.82) is 0 Å². The van der Waals surface area contributed by atoms with Gasteiger partial charge in [0, 0.05) is 12.7 Å². The molecule has 0 aromatic carbocycles. The zero-order chi connectivity index (χ0) is 15.5. The zero-order valence-electron chi connectivity index (χ0n) is 13.1. The van der Waals surface area contributed by atoms with Crippen LogP contribution in [0.2, 0.25) is 0 Å². The van der Waals surface area contributed by atoms with Gasteiger partial charge in [-0.15, -0.1) is 0 Å². The van der Waals surface area contributed by atoms with Crippen molar-refractivity contribution in [1.82, 2.24) is 9.88 Å². The van der Waals surface area contributed by atoms with E-state index in [1.165, 1.54) is 0 Å². The van der Waals surface area contributed by atoms with E-state index in [1.807, 2.05) is 39.0 Å². The standard InChI is InChI=1S/C16H25N3O2/c1-16(2,3)21-15(20)19-11-7-5-9-13(19)14(17)12-8-4-6-10-18-12/h4,6,8,10,13-14H,5,7,9,11,17H2,1-3H3. The first kappa shape index (κ1) is 15.8. The Hall–Kier alpha value is -1.62. The van der Waals surface area contributed by atoms with Crippen LogP contribution in [0.1, 0.15) is 51.8 Å². The van der Waals surface area contributed by atoms with Gasteiger partial charge in [0.1, 0.15) is 5.60 Å². The first-order valence-corrected chi connectivity index (χ1v) is 7.54. The van der Waals surface area contributed by atoms with Gasteiger partial charge >= 0.3 is 6.09 Å². The van der Waals surface area contributed by atoms with Gasteiger partial charge in [-0.25, -0.2) is 4.79 Å². The van der Waals surface area contributed by atoms with Gasteiger partial charge in [-0.2, -0.15) is 0 Å². The Bertz CT molecular complexity index is 470. The summed E-state index contributed by atoms with van der Waals surface area (Å²) in [5.74, 6) is 0. The number of rotatable bonds is 2. The molecule has 1 aromatic heterocycles. The third-order valence-electron chi connectivity index (χ3n) is 3.62. The van der Waals surface area contributed by atoms with E-state index < -0.39 is 5.60 Å². The van der Waals surface area contributed by atoms with Crippen LogP contribution in [0.4, 0.5) is 4.79 Å². The summed E-state index contributed by atoms with van der Waals surface area (Å²) in [6.07, 6.45) is 4.40. The number of likely N-dealkylation sites (tertiary alicyclic amines) is 1. The topological polar surface area (TPSA) is 68.5 Å². The molecule has 1 aromatic rings. The first-order chi connectivity index (χ1) is 9.88. The van der Waals surface area contributed by atoms with Crippen LogP contribution in [-0.2, 0) is 4.74 Å². The van der Waals surface area contributed by atoms with Crippen molar-refractivity contribution in [3.63, 3.8) is 0 Å². The number of ether oxygens (including phenoxy) is 1. The van der Waals surface area contributed by atoms with Crippen LogP contribution in [0.25, 0.3) is 0 Å². The number of nitrogens with zero attached hydrogens (tertiary/aromatic N) is 2. The van der Waals surface area contributed by atoms with Crippen molar-refractivity contribution >= 4 is 6.09 Å². The summed E-state index contributed by atoms with van der Waals surface area (Å²) in [5, 5.41) is 0. The molecule has 2 rings (SSSR count). The fourth-order valence-electron chi connectivity index (χ4n) is 2.65. The number of aromatic nitrogens is 1. The smallest absolute Gasteiger partial charge is 0.410 e. The van der Waals surface area contributed by atoms with Crippen molar-refractivity contribution in [3.05, 3.63) is 30.1 Å². The minimum atomic E-state index is -0.492. The lowest BCUT2D eigenvalue weighted by Crippen LogP contribution is -2.50. The monoisotopic (exact) mass is 291 g/mol. The van der Waals surface area contributed by atoms with E-state index in [0.29, 0.717) is 6.54 Å². The SMILES string of the molecule is CC(C)(C)OC(=O)N1CCCCC1C(N)c1ccccn1. The number of piperidine rings is 1. The molecule has 5 heteroatoms. The second-order valence-electron chi connectivity index (χ2n) is 6.52. The van der Waals surface area contributed by atoms with Crippen LogP contribution in [0, 0.1) is 0 Å². The van der Waals surface area contributed by atoms with Crippen LogP contribution in [0.3, 0.4) is 0 Å². The molecule has 0 aliphatic carbocycles. The average molecular weight is 291 g/mol. The van der Waals surface area contributed by atoms with Gasteiger partial charge in [0.15, 0.2) is 0 Å². The van der Waals surface area contributed by atoms with Crippen molar-refractivity contribution in [3.8, 4) is 0 Å². The predicted octanol–water partition coefficient (Wildman–Crippen LogP) is 2.87. The zero-order valence-corrected chi connectivity index (χ0v) is 13.1. The fourth-order valence-corrected chi connectivity index (χ4v) is 2.65. The van der Waals surface area contributed by atoms with Gasteiger partial charge in [-0.1, -0.05) is 6.07 Å². The van der Waals surface area contributed by atoms with Crippen molar-refractivity contribution in [2.24, 2.45) is 5.73 Å². The maximum Gasteiger partial charge on any atom is 0.410 e. The highest BCUT2D eigenvalue weighted by Gasteiger charge is 2.34. The Kier molecular flexibility index (Phi) is 4.83. The number of pyridine rings is 1. The van der Waals surface area contributed by atoms with Gasteiger partial charge in [-0.05, 0) is 52.2 Å². The molecule has 2 atom stereocenters. The van der Waals surface area contributed by atoms with Crippen molar-refractivity contribution in [2.45, 2.75) is 57.7 Å². The van der Waals surface area contributed by atoms with E-state index >= 15 is 0 Å². The highest BCUT2D eigenvalue weighted by Crippen LogP contribution is 2.27. The van der Waals surface area contributed by atoms with Crippen LogP contribution in [-0.4, -0.2) is 34.2 Å². The lowest BCUT2D eigenvalue weighted by molar-refractivity contribution is 0.00632. The molecule has 0 saturated carbocycles. The Balaban J connectivity index is 2.13. The third-order valence-corrected chi connectivity index (χ3v) is 3.62. The molecule has 0 spiro atoms. The Morgan fingerprint density at radius 2 is 2.19 bits per heavy atom. The van der Waals surface area contributed by atoms with E-state index in [9.17, 15) is 4.79 Å². The van der Waals surface area contributed by atoms with E-state index in [0.717, 1.165) is 25.0 Å². The number of carbonyl (C=O) groups excluding carboxylic acids is 1. The second kappa shape index (κ2) is 6.43. The average Bonchev–Trinajstić information content (AvgIpc) is 2.45. The lowest BCUT2D eigenvalue weighted by atomic mass is 9.94. The highest BCUT2D eigenvalue weighted by molar-refractivity contribution is 5.68. The van der Waals surface area contributed by atoms with E-state index in [4.69, 9.17) is 10.5 Å². The maximum absolute atomic E-state index is 12.4. The molecule has 2 unspecified atom stereocenters. The quantitative estimate of drug-likeness (QED) is 0.909. The summed E-state index contributed by atoms with van der Waals surface area (Å²) in [6, 6.07) is 5.36. The molecule has 0 radical (unpaired) electrons. The summed E-state index contributed by atoms with van der Waals surface area (Å²) >= 11 is 0. The third kappa shape index (κ3) is 4.17. The van der Waals surface area contributed by atoms with Crippen LogP contribution in [0.15, 0.2) is 24.4 Å². The molecule has 1 aliphatic heterocycles.